The molecule has 0 bridgehead atoms. The van der Waals surface area contributed by atoms with Crippen molar-refractivity contribution in [1.82, 2.24) is 0 Å². The van der Waals surface area contributed by atoms with Crippen LogP contribution in [0.4, 0.5) is 0 Å². The Bertz CT molecular complexity index is 126. The van der Waals surface area contributed by atoms with E-state index in [1.165, 1.54) is 0 Å². The predicted molar refractivity (Wildman–Crippen MR) is 58.1 cm³/mol. The minimum atomic E-state index is 0.0469. The predicted octanol–water partition coefficient (Wildman–Crippen LogP) is 4.22. The summed E-state index contributed by atoms with van der Waals surface area (Å²) in [5.74, 6) is 0. The van der Waals surface area contributed by atoms with Crippen molar-refractivity contribution in [2.45, 2.75) is 19.3 Å². The Kier molecular flexibility index (Phi) is 12.3. The van der Waals surface area contributed by atoms with Crippen LogP contribution >= 0.6 is 9.69 Å². The molecular formula is C11H17ClZn. The molecule has 0 amide bonds. The molecule has 0 fully saturated rings. The Morgan fingerprint density at radius 2 is 1.23 bits per heavy atom. The maximum atomic E-state index is 4.76. The van der Waals surface area contributed by atoms with E-state index in [1.54, 1.807) is 0 Å². The molecule has 0 aliphatic heterocycles. The molecule has 0 saturated carbocycles. The summed E-state index contributed by atoms with van der Waals surface area (Å²) >= 11 is 0.847. The molecule has 2 heteroatoms. The molecule has 0 N–H and O–H groups in total. The number of rotatable bonds is 6. The van der Waals surface area contributed by atoms with Crippen molar-refractivity contribution in [3.63, 3.8) is 0 Å². The topological polar surface area (TPSA) is 0 Å². The van der Waals surface area contributed by atoms with Gasteiger partial charge in [0.1, 0.15) is 0 Å². The van der Waals surface area contributed by atoms with Crippen molar-refractivity contribution >= 4 is 9.69 Å². The van der Waals surface area contributed by atoms with Crippen molar-refractivity contribution in [2.24, 2.45) is 5.41 Å². The van der Waals surface area contributed by atoms with Crippen LogP contribution in [-0.4, -0.2) is 0 Å². The number of hydrogen-bond donors (Lipinski definition) is 0. The average Bonchev–Trinajstić information content (AvgIpc) is 2.09. The minimum absolute atomic E-state index is 0.0469. The summed E-state index contributed by atoms with van der Waals surface area (Å²) in [5.41, 5.74) is 0.0469. The van der Waals surface area contributed by atoms with E-state index in [0.29, 0.717) is 0 Å². The fourth-order valence-corrected chi connectivity index (χ4v) is 1.17. The fraction of sp³-hybridized carbons (Fsp3) is 0.364. The van der Waals surface area contributed by atoms with Gasteiger partial charge in [0.15, 0.2) is 0 Å². The first kappa shape index (κ1) is 15.6. The van der Waals surface area contributed by atoms with E-state index >= 15 is 0 Å². The van der Waals surface area contributed by atoms with E-state index in [1.807, 2.05) is 18.2 Å². The summed E-state index contributed by atoms with van der Waals surface area (Å²) < 4.78 is 0. The standard InChI is InChI=1S/C11H17.ClH.Zn/c1-5-8-11(4,9-6-2)10-7-3;;/h5-7H,1-4,8-10H2;1H;/q-1;;+2/p-1. The molecule has 0 aromatic rings. The quantitative estimate of drug-likeness (QED) is 0.376. The third-order valence-electron chi connectivity index (χ3n) is 1.73. The molecule has 0 nitrogen and oxygen atoms in total. The molecule has 0 rings (SSSR count). The molecule has 0 spiro atoms. The summed E-state index contributed by atoms with van der Waals surface area (Å²) in [7, 11) is 4.76. The van der Waals surface area contributed by atoms with Gasteiger partial charge in [-0.3, -0.25) is 0 Å². The Morgan fingerprint density at radius 3 is 1.38 bits per heavy atom. The van der Waals surface area contributed by atoms with E-state index in [4.69, 9.17) is 9.69 Å². The van der Waals surface area contributed by atoms with Gasteiger partial charge in [0.05, 0.1) is 0 Å². The van der Waals surface area contributed by atoms with Gasteiger partial charge in [0.25, 0.3) is 0 Å². The molecule has 0 atom stereocenters. The molecule has 0 heterocycles. The Morgan fingerprint density at radius 1 is 1.00 bits per heavy atom. The SMILES string of the molecule is C=CCC([CH2-])(CC=C)CC=C.[Cl][Zn+]. The van der Waals surface area contributed by atoms with Crippen molar-refractivity contribution in [2.75, 3.05) is 0 Å². The van der Waals surface area contributed by atoms with Gasteiger partial charge in [0, 0.05) is 0 Å². The zero-order valence-corrected chi connectivity index (χ0v) is 12.0. The molecule has 0 saturated heterocycles. The van der Waals surface area contributed by atoms with Crippen LogP contribution < -0.4 is 0 Å². The molecule has 0 unspecified atom stereocenters. The van der Waals surface area contributed by atoms with E-state index in [0.717, 1.165) is 36.6 Å². The van der Waals surface area contributed by atoms with Gasteiger partial charge in [-0.1, -0.05) is 37.5 Å². The Balaban J connectivity index is 0. The molecular weight excluding hydrogens is 233 g/mol. The van der Waals surface area contributed by atoms with Gasteiger partial charge in [-0.2, -0.15) is 0 Å². The van der Waals surface area contributed by atoms with Gasteiger partial charge in [-0.25, -0.2) is 0 Å². The van der Waals surface area contributed by atoms with E-state index in [9.17, 15) is 0 Å². The van der Waals surface area contributed by atoms with E-state index in [-0.39, 0.29) is 5.41 Å². The molecule has 70 valence electrons. The maximum absolute atomic E-state index is 4.76. The molecule has 13 heavy (non-hydrogen) atoms. The summed E-state index contributed by atoms with van der Waals surface area (Å²) in [6.45, 7) is 15.2. The Labute approximate surface area is 96.5 Å². The first-order chi connectivity index (χ1) is 6.18. The van der Waals surface area contributed by atoms with Crippen molar-refractivity contribution in [3.05, 3.63) is 44.9 Å². The molecule has 0 aromatic carbocycles. The van der Waals surface area contributed by atoms with Crippen LogP contribution in [-0.2, 0) is 17.3 Å². The first-order valence-electron chi connectivity index (χ1n) is 4.13. The fourth-order valence-electron chi connectivity index (χ4n) is 1.17. The summed E-state index contributed by atoms with van der Waals surface area (Å²) in [6, 6.07) is 0. The van der Waals surface area contributed by atoms with Gasteiger partial charge >= 0.3 is 27.0 Å². The monoisotopic (exact) mass is 248 g/mol. The van der Waals surface area contributed by atoms with Crippen LogP contribution in [0.25, 0.3) is 0 Å². The van der Waals surface area contributed by atoms with Gasteiger partial charge in [-0.15, -0.1) is 25.2 Å². The summed E-state index contributed by atoms with van der Waals surface area (Å²) in [6.07, 6.45) is 8.47. The van der Waals surface area contributed by atoms with Crippen LogP contribution in [0.3, 0.4) is 0 Å². The van der Waals surface area contributed by atoms with Crippen LogP contribution in [0.2, 0.25) is 0 Å². The van der Waals surface area contributed by atoms with E-state index in [2.05, 4.69) is 26.7 Å². The van der Waals surface area contributed by atoms with Crippen molar-refractivity contribution < 1.29 is 17.3 Å². The Hall–Kier alpha value is 0.133. The van der Waals surface area contributed by atoms with Crippen LogP contribution in [0, 0.1) is 12.3 Å². The molecule has 0 aliphatic carbocycles. The normalized spacial score (nSPS) is 9.54. The van der Waals surface area contributed by atoms with Crippen LogP contribution in [0.1, 0.15) is 19.3 Å². The van der Waals surface area contributed by atoms with Crippen LogP contribution in [0.15, 0.2) is 38.0 Å². The third kappa shape index (κ3) is 8.46. The first-order valence-corrected chi connectivity index (χ1v) is 8.03. The molecule has 0 aromatic heterocycles. The summed E-state index contributed by atoms with van der Waals surface area (Å²) in [4.78, 5) is 0. The second kappa shape index (κ2) is 10.2. The zero-order chi connectivity index (χ0) is 10.7. The van der Waals surface area contributed by atoms with Gasteiger partial charge < -0.3 is 6.92 Å². The number of halogens is 1. The van der Waals surface area contributed by atoms with Crippen LogP contribution in [0.5, 0.6) is 0 Å². The summed E-state index contributed by atoms with van der Waals surface area (Å²) in [5, 5.41) is 0. The van der Waals surface area contributed by atoms with Crippen molar-refractivity contribution in [3.8, 4) is 0 Å². The van der Waals surface area contributed by atoms with Gasteiger partial charge in [0.2, 0.25) is 0 Å². The second-order valence-corrected chi connectivity index (χ2v) is 2.98. The van der Waals surface area contributed by atoms with Gasteiger partial charge in [-0.05, 0) is 0 Å². The molecule has 0 radical (unpaired) electrons. The number of allylic oxidation sites excluding steroid dienone is 3. The van der Waals surface area contributed by atoms with Crippen molar-refractivity contribution in [1.29, 1.82) is 0 Å². The number of hydrogen-bond acceptors (Lipinski definition) is 0. The zero-order valence-electron chi connectivity index (χ0n) is 8.27. The third-order valence-corrected chi connectivity index (χ3v) is 1.73. The van der Waals surface area contributed by atoms with E-state index < -0.39 is 0 Å². The molecule has 0 aliphatic rings. The average molecular weight is 250 g/mol. The second-order valence-electron chi connectivity index (χ2n) is 2.98.